The molecule has 1 atom stereocenters. The van der Waals surface area contributed by atoms with E-state index in [4.69, 9.17) is 11.6 Å². The first-order valence-electron chi connectivity index (χ1n) is 6.36. The molecule has 0 radical (unpaired) electrons. The van der Waals surface area contributed by atoms with E-state index in [1.807, 2.05) is 0 Å². The lowest BCUT2D eigenvalue weighted by atomic mass is 10.0. The lowest BCUT2D eigenvalue weighted by Crippen LogP contribution is -2.51. The number of carbonyl (C=O) groups is 2. The van der Waals surface area contributed by atoms with E-state index in [-0.39, 0.29) is 35.5 Å². The monoisotopic (exact) mass is 311 g/mol. The predicted octanol–water partition coefficient (Wildman–Crippen LogP) is 1.49. The van der Waals surface area contributed by atoms with E-state index in [1.165, 1.54) is 13.1 Å². The molecule has 1 aliphatic heterocycles. The van der Waals surface area contributed by atoms with Gasteiger partial charge in [0.05, 0.1) is 11.0 Å². The van der Waals surface area contributed by atoms with Gasteiger partial charge in [-0.2, -0.15) is 0 Å². The number of likely N-dealkylation sites (N-methyl/N-ethyl adjacent to an activating group) is 1. The van der Waals surface area contributed by atoms with Crippen molar-refractivity contribution in [2.75, 3.05) is 7.05 Å². The number of imide groups is 1. The highest BCUT2D eigenvalue weighted by molar-refractivity contribution is 6.30. The van der Waals surface area contributed by atoms with Crippen LogP contribution in [0.4, 0.5) is 5.69 Å². The number of amides is 2. The molecule has 1 heterocycles. The first-order chi connectivity index (χ1) is 9.90. The average Bonchev–Trinajstić information content (AvgIpc) is 2.45. The number of nitro groups is 1. The number of hydrogen-bond acceptors (Lipinski definition) is 5. The van der Waals surface area contributed by atoms with Gasteiger partial charge in [-0.05, 0) is 18.6 Å². The Kier molecular flexibility index (Phi) is 4.54. The second-order valence-electron chi connectivity index (χ2n) is 4.79. The minimum Gasteiger partial charge on any atom is -0.301 e. The van der Waals surface area contributed by atoms with Gasteiger partial charge in [-0.15, -0.1) is 0 Å². The Morgan fingerprint density at radius 2 is 2.19 bits per heavy atom. The summed E-state index contributed by atoms with van der Waals surface area (Å²) in [5.41, 5.74) is 0.347. The molecule has 1 unspecified atom stereocenters. The summed E-state index contributed by atoms with van der Waals surface area (Å²) >= 11 is 5.74. The summed E-state index contributed by atoms with van der Waals surface area (Å²) in [6.07, 6.45) is 0.673. The fourth-order valence-electron chi connectivity index (χ4n) is 2.19. The highest BCUT2D eigenvalue weighted by Crippen LogP contribution is 2.23. The highest BCUT2D eigenvalue weighted by atomic mass is 35.5. The molecule has 1 aromatic rings. The number of nitro benzene ring substituents is 1. The molecule has 2 amide bonds. The minimum absolute atomic E-state index is 0.0947. The van der Waals surface area contributed by atoms with Crippen LogP contribution in [0.25, 0.3) is 0 Å². The first kappa shape index (κ1) is 15.4. The third-order valence-corrected chi connectivity index (χ3v) is 3.67. The molecule has 8 heteroatoms. The van der Waals surface area contributed by atoms with E-state index in [9.17, 15) is 19.7 Å². The summed E-state index contributed by atoms with van der Waals surface area (Å²) < 4.78 is 0. The molecular weight excluding hydrogens is 298 g/mol. The molecule has 2 rings (SSSR count). The molecule has 0 bridgehead atoms. The van der Waals surface area contributed by atoms with E-state index >= 15 is 0 Å². The van der Waals surface area contributed by atoms with Crippen molar-refractivity contribution in [3.8, 4) is 0 Å². The second-order valence-corrected chi connectivity index (χ2v) is 5.23. The number of carbonyl (C=O) groups excluding carboxylic acids is 2. The van der Waals surface area contributed by atoms with Gasteiger partial charge in [-0.3, -0.25) is 24.6 Å². The minimum atomic E-state index is -0.513. The lowest BCUT2D eigenvalue weighted by Gasteiger charge is -2.28. The number of benzene rings is 1. The van der Waals surface area contributed by atoms with E-state index in [1.54, 1.807) is 12.1 Å². The summed E-state index contributed by atoms with van der Waals surface area (Å²) in [6.45, 7) is 0.159. The summed E-state index contributed by atoms with van der Waals surface area (Å²) in [6, 6.07) is 3.87. The van der Waals surface area contributed by atoms with Gasteiger partial charge in [0.2, 0.25) is 11.8 Å². The van der Waals surface area contributed by atoms with E-state index < -0.39 is 11.0 Å². The van der Waals surface area contributed by atoms with Crippen molar-refractivity contribution in [3.05, 3.63) is 38.9 Å². The quantitative estimate of drug-likeness (QED) is 0.516. The number of nitrogens with zero attached hydrogens (tertiary/aromatic N) is 2. The third kappa shape index (κ3) is 3.37. The molecule has 1 aromatic carbocycles. The standard InChI is InChI=1S/C13H14ClN3O4/c1-16-12(18)5-4-10(13(16)19)15-7-8-2-3-9(14)6-11(8)17(20)21/h2-3,6,10,15H,4-5,7H2,1H3. The zero-order valence-electron chi connectivity index (χ0n) is 11.3. The maximum atomic E-state index is 11.9. The topological polar surface area (TPSA) is 92.6 Å². The van der Waals surface area contributed by atoms with Crippen molar-refractivity contribution >= 4 is 29.1 Å². The highest BCUT2D eigenvalue weighted by Gasteiger charge is 2.31. The van der Waals surface area contributed by atoms with Crippen LogP contribution in [-0.2, 0) is 16.1 Å². The Bertz CT molecular complexity index is 605. The van der Waals surface area contributed by atoms with Crippen LogP contribution in [0.5, 0.6) is 0 Å². The van der Waals surface area contributed by atoms with Crippen LogP contribution < -0.4 is 5.32 Å². The van der Waals surface area contributed by atoms with Gasteiger partial charge in [0.1, 0.15) is 0 Å². The van der Waals surface area contributed by atoms with Crippen LogP contribution in [0, 0.1) is 10.1 Å². The molecule has 1 fully saturated rings. The lowest BCUT2D eigenvalue weighted by molar-refractivity contribution is -0.385. The Labute approximate surface area is 126 Å². The smallest absolute Gasteiger partial charge is 0.275 e. The molecule has 1 saturated heterocycles. The maximum absolute atomic E-state index is 11.9. The van der Waals surface area contributed by atoms with Crippen LogP contribution in [-0.4, -0.2) is 34.7 Å². The molecule has 7 nitrogen and oxygen atoms in total. The average molecular weight is 312 g/mol. The van der Waals surface area contributed by atoms with Gasteiger partial charge in [-0.25, -0.2) is 0 Å². The third-order valence-electron chi connectivity index (χ3n) is 3.43. The molecule has 112 valence electrons. The SMILES string of the molecule is CN1C(=O)CCC(NCc2ccc(Cl)cc2[N+](=O)[O-])C1=O. The predicted molar refractivity (Wildman–Crippen MR) is 75.7 cm³/mol. The van der Waals surface area contributed by atoms with Crippen LogP contribution in [0.1, 0.15) is 18.4 Å². The number of halogens is 1. The van der Waals surface area contributed by atoms with E-state index in [0.29, 0.717) is 12.0 Å². The second kappa shape index (κ2) is 6.19. The van der Waals surface area contributed by atoms with Crippen molar-refractivity contribution in [3.63, 3.8) is 0 Å². The number of hydrogen-bond donors (Lipinski definition) is 1. The van der Waals surface area contributed by atoms with Crippen molar-refractivity contribution in [1.82, 2.24) is 10.2 Å². The summed E-state index contributed by atoms with van der Waals surface area (Å²) in [5, 5.41) is 14.2. The van der Waals surface area contributed by atoms with Crippen LogP contribution >= 0.6 is 11.6 Å². The van der Waals surface area contributed by atoms with E-state index in [0.717, 1.165) is 4.90 Å². The fourth-order valence-corrected chi connectivity index (χ4v) is 2.36. The van der Waals surface area contributed by atoms with Gasteiger partial charge in [0, 0.05) is 36.7 Å². The number of likely N-dealkylation sites (tertiary alicyclic amines) is 1. The number of piperidine rings is 1. The molecule has 1 aliphatic rings. The van der Waals surface area contributed by atoms with Gasteiger partial charge in [0.15, 0.2) is 0 Å². The maximum Gasteiger partial charge on any atom is 0.275 e. The van der Waals surface area contributed by atoms with Crippen molar-refractivity contribution in [1.29, 1.82) is 0 Å². The van der Waals surface area contributed by atoms with Crippen molar-refractivity contribution in [2.45, 2.75) is 25.4 Å². The van der Waals surface area contributed by atoms with Gasteiger partial charge < -0.3 is 5.32 Å². The molecule has 0 saturated carbocycles. The van der Waals surface area contributed by atoms with E-state index in [2.05, 4.69) is 5.32 Å². The van der Waals surface area contributed by atoms with Gasteiger partial charge >= 0.3 is 0 Å². The first-order valence-corrected chi connectivity index (χ1v) is 6.74. The number of rotatable bonds is 4. The molecule has 0 aliphatic carbocycles. The fraction of sp³-hybridized carbons (Fsp3) is 0.385. The van der Waals surface area contributed by atoms with Crippen molar-refractivity contribution in [2.24, 2.45) is 0 Å². The zero-order chi connectivity index (χ0) is 15.6. The van der Waals surface area contributed by atoms with Crippen LogP contribution in [0.15, 0.2) is 18.2 Å². The van der Waals surface area contributed by atoms with Crippen molar-refractivity contribution < 1.29 is 14.5 Å². The Morgan fingerprint density at radius 3 is 2.86 bits per heavy atom. The van der Waals surface area contributed by atoms with Crippen LogP contribution in [0.3, 0.4) is 0 Å². The molecule has 21 heavy (non-hydrogen) atoms. The molecule has 0 aromatic heterocycles. The summed E-state index contributed by atoms with van der Waals surface area (Å²) in [4.78, 5) is 34.8. The molecular formula is C13H14ClN3O4. The van der Waals surface area contributed by atoms with Crippen LogP contribution in [0.2, 0.25) is 5.02 Å². The zero-order valence-corrected chi connectivity index (χ0v) is 12.1. The Balaban J connectivity index is 2.08. The summed E-state index contributed by atoms with van der Waals surface area (Å²) in [5.74, 6) is -0.529. The van der Waals surface area contributed by atoms with Gasteiger partial charge in [0.25, 0.3) is 5.69 Å². The largest absolute Gasteiger partial charge is 0.301 e. The Hall–Kier alpha value is -1.99. The summed E-state index contributed by atoms with van der Waals surface area (Å²) in [7, 11) is 1.43. The normalized spacial score (nSPS) is 19.0. The Morgan fingerprint density at radius 1 is 1.48 bits per heavy atom. The number of nitrogens with one attached hydrogen (secondary N) is 1. The molecule has 0 spiro atoms. The van der Waals surface area contributed by atoms with Gasteiger partial charge in [-0.1, -0.05) is 11.6 Å². The molecule has 1 N–H and O–H groups in total.